The number of aromatic nitrogens is 2. The molecule has 0 saturated carbocycles. The van der Waals surface area contributed by atoms with Gasteiger partial charge in [0.25, 0.3) is 0 Å². The van der Waals surface area contributed by atoms with E-state index in [1.165, 1.54) is 18.3 Å². The number of aryl methyl sites for hydroxylation is 1. The molecule has 0 aliphatic carbocycles. The van der Waals surface area contributed by atoms with Gasteiger partial charge in [-0.2, -0.15) is 0 Å². The normalized spacial score (nSPS) is 11.8. The van der Waals surface area contributed by atoms with E-state index in [4.69, 9.17) is 0 Å². The molecule has 3 aromatic rings. The number of carbonyl (C=O) groups is 2. The minimum Gasteiger partial charge on any atom is -0.350 e. The van der Waals surface area contributed by atoms with Crippen LogP contribution >= 0.6 is 22.7 Å². The maximum atomic E-state index is 12.2. The Bertz CT molecular complexity index is 1070. The van der Waals surface area contributed by atoms with Crippen molar-refractivity contribution in [3.05, 3.63) is 56.0 Å². The van der Waals surface area contributed by atoms with Gasteiger partial charge in [0.15, 0.2) is 5.13 Å². The summed E-state index contributed by atoms with van der Waals surface area (Å²) in [5.41, 5.74) is 3.57. The summed E-state index contributed by atoms with van der Waals surface area (Å²) in [6.07, 6.45) is 0.210. The van der Waals surface area contributed by atoms with Crippen molar-refractivity contribution < 1.29 is 9.59 Å². The molecule has 3 rings (SSSR count). The molecule has 0 saturated heterocycles. The minimum atomic E-state index is -0.178. The Morgan fingerprint density at radius 2 is 1.90 bits per heavy atom. The second-order valence-electron chi connectivity index (χ2n) is 6.67. The van der Waals surface area contributed by atoms with E-state index in [0.29, 0.717) is 11.7 Å². The van der Waals surface area contributed by atoms with Crippen LogP contribution in [0.2, 0.25) is 0 Å². The molecule has 0 spiro atoms. The highest BCUT2D eigenvalue weighted by Crippen LogP contribution is 2.26. The molecule has 1 unspecified atom stereocenters. The number of thiazole rings is 2. The molecule has 1 atom stereocenters. The first-order valence-electron chi connectivity index (χ1n) is 9.11. The third-order valence-corrected chi connectivity index (χ3v) is 6.05. The SMILES string of the molecule is CC(=O)NC(C)c1ccc(-c2csc(NC(=O)CCn3c(C)csc3=O)n2)cc1. The molecule has 9 heteroatoms. The molecule has 0 radical (unpaired) electrons. The van der Waals surface area contributed by atoms with Crippen molar-refractivity contribution in [3.8, 4) is 11.3 Å². The van der Waals surface area contributed by atoms with Gasteiger partial charge in [0.05, 0.1) is 11.7 Å². The number of anilines is 1. The fraction of sp³-hybridized carbons (Fsp3) is 0.300. The van der Waals surface area contributed by atoms with Crippen molar-refractivity contribution in [3.63, 3.8) is 0 Å². The van der Waals surface area contributed by atoms with Gasteiger partial charge in [0.1, 0.15) is 0 Å². The molecular formula is C20H22N4O3S2. The molecule has 0 aliphatic rings. The third kappa shape index (κ3) is 5.39. The van der Waals surface area contributed by atoms with E-state index in [9.17, 15) is 14.4 Å². The molecule has 2 heterocycles. The van der Waals surface area contributed by atoms with E-state index in [-0.39, 0.29) is 29.1 Å². The smallest absolute Gasteiger partial charge is 0.307 e. The molecular weight excluding hydrogens is 408 g/mol. The Labute approximate surface area is 176 Å². The Balaban J connectivity index is 1.59. The number of nitrogens with zero attached hydrogens (tertiary/aromatic N) is 2. The summed E-state index contributed by atoms with van der Waals surface area (Å²) in [7, 11) is 0. The van der Waals surface area contributed by atoms with Gasteiger partial charge in [-0.3, -0.25) is 14.4 Å². The highest BCUT2D eigenvalue weighted by atomic mass is 32.1. The van der Waals surface area contributed by atoms with Crippen LogP contribution in [0.5, 0.6) is 0 Å². The van der Waals surface area contributed by atoms with Gasteiger partial charge in [-0.15, -0.1) is 11.3 Å². The molecule has 1 aromatic carbocycles. The van der Waals surface area contributed by atoms with Crippen molar-refractivity contribution >= 4 is 39.6 Å². The molecule has 0 fully saturated rings. The summed E-state index contributed by atoms with van der Waals surface area (Å²) in [6, 6.07) is 7.73. The zero-order valence-electron chi connectivity index (χ0n) is 16.4. The van der Waals surface area contributed by atoms with Gasteiger partial charge in [-0.25, -0.2) is 4.98 Å². The highest BCUT2D eigenvalue weighted by molar-refractivity contribution is 7.14. The maximum absolute atomic E-state index is 12.2. The van der Waals surface area contributed by atoms with Crippen molar-refractivity contribution in [2.24, 2.45) is 0 Å². The van der Waals surface area contributed by atoms with E-state index >= 15 is 0 Å². The number of nitrogens with one attached hydrogen (secondary N) is 2. The lowest BCUT2D eigenvalue weighted by atomic mass is 10.1. The lowest BCUT2D eigenvalue weighted by Gasteiger charge is -2.13. The monoisotopic (exact) mass is 430 g/mol. The fourth-order valence-corrected chi connectivity index (χ4v) is 4.36. The Hall–Kier alpha value is -2.78. The standard InChI is InChI=1S/C20H22N4O3S2/c1-12-10-29-20(27)24(12)9-8-18(26)23-19-22-17(11-28-19)16-6-4-15(5-7-16)13(2)21-14(3)25/h4-7,10-11,13H,8-9H2,1-3H3,(H,21,25)(H,22,23,26). The second-order valence-corrected chi connectivity index (χ2v) is 8.35. The maximum Gasteiger partial charge on any atom is 0.307 e. The van der Waals surface area contributed by atoms with Crippen LogP contribution in [0.3, 0.4) is 0 Å². The van der Waals surface area contributed by atoms with Crippen LogP contribution in [0.4, 0.5) is 5.13 Å². The predicted octanol–water partition coefficient (Wildman–Crippen LogP) is 3.57. The number of hydrogen-bond donors (Lipinski definition) is 2. The summed E-state index contributed by atoms with van der Waals surface area (Å²) in [5, 5.41) is 9.84. The fourth-order valence-electron chi connectivity index (χ4n) is 2.86. The molecule has 152 valence electrons. The van der Waals surface area contributed by atoms with E-state index in [2.05, 4.69) is 15.6 Å². The molecule has 0 bridgehead atoms. The van der Waals surface area contributed by atoms with Crippen LogP contribution < -0.4 is 15.5 Å². The highest BCUT2D eigenvalue weighted by Gasteiger charge is 2.11. The van der Waals surface area contributed by atoms with Crippen LogP contribution in [-0.4, -0.2) is 21.4 Å². The quantitative estimate of drug-likeness (QED) is 0.599. The van der Waals surface area contributed by atoms with E-state index in [1.54, 1.807) is 9.95 Å². The van der Waals surface area contributed by atoms with Crippen molar-refractivity contribution in [2.75, 3.05) is 5.32 Å². The number of rotatable bonds is 7. The molecule has 0 aliphatic heterocycles. The summed E-state index contributed by atoms with van der Waals surface area (Å²) >= 11 is 2.49. The lowest BCUT2D eigenvalue weighted by Crippen LogP contribution is -2.23. The summed E-state index contributed by atoms with van der Waals surface area (Å²) < 4.78 is 1.60. The number of amides is 2. The van der Waals surface area contributed by atoms with E-state index in [1.807, 2.05) is 43.5 Å². The number of benzene rings is 1. The number of hydrogen-bond acceptors (Lipinski definition) is 6. The summed E-state index contributed by atoms with van der Waals surface area (Å²) in [5.74, 6) is -0.247. The van der Waals surface area contributed by atoms with Gasteiger partial charge in [0, 0.05) is 41.9 Å². The van der Waals surface area contributed by atoms with Gasteiger partial charge in [-0.05, 0) is 19.4 Å². The average Bonchev–Trinajstić information content (AvgIpc) is 3.26. The van der Waals surface area contributed by atoms with Crippen LogP contribution in [-0.2, 0) is 16.1 Å². The molecule has 2 N–H and O–H groups in total. The Morgan fingerprint density at radius 1 is 1.17 bits per heavy atom. The molecule has 29 heavy (non-hydrogen) atoms. The first kappa shape index (κ1) is 20.9. The van der Waals surface area contributed by atoms with Gasteiger partial charge >= 0.3 is 4.87 Å². The predicted molar refractivity (Wildman–Crippen MR) is 116 cm³/mol. The van der Waals surface area contributed by atoms with E-state index in [0.717, 1.165) is 33.9 Å². The second kappa shape index (κ2) is 9.15. The number of carbonyl (C=O) groups excluding carboxylic acids is 2. The van der Waals surface area contributed by atoms with Gasteiger partial charge in [0.2, 0.25) is 11.8 Å². The van der Waals surface area contributed by atoms with Crippen molar-refractivity contribution in [2.45, 2.75) is 39.8 Å². The molecule has 2 aromatic heterocycles. The molecule has 2 amide bonds. The van der Waals surface area contributed by atoms with Crippen molar-refractivity contribution in [1.29, 1.82) is 0 Å². The van der Waals surface area contributed by atoms with Gasteiger partial charge in [-0.1, -0.05) is 35.6 Å². The van der Waals surface area contributed by atoms with Crippen LogP contribution in [0, 0.1) is 6.92 Å². The molecule has 7 nitrogen and oxygen atoms in total. The van der Waals surface area contributed by atoms with Crippen LogP contribution in [0.15, 0.2) is 39.8 Å². The third-order valence-electron chi connectivity index (χ3n) is 4.42. The summed E-state index contributed by atoms with van der Waals surface area (Å²) in [4.78, 5) is 39.5. The van der Waals surface area contributed by atoms with Crippen LogP contribution in [0.1, 0.15) is 37.6 Å². The summed E-state index contributed by atoms with van der Waals surface area (Å²) in [6.45, 7) is 5.63. The van der Waals surface area contributed by atoms with E-state index < -0.39 is 0 Å². The van der Waals surface area contributed by atoms with Crippen LogP contribution in [0.25, 0.3) is 11.3 Å². The average molecular weight is 431 g/mol. The topological polar surface area (TPSA) is 93.1 Å². The first-order chi connectivity index (χ1) is 13.8. The lowest BCUT2D eigenvalue weighted by molar-refractivity contribution is -0.119. The van der Waals surface area contributed by atoms with Gasteiger partial charge < -0.3 is 15.2 Å². The zero-order chi connectivity index (χ0) is 21.0. The largest absolute Gasteiger partial charge is 0.350 e. The Morgan fingerprint density at radius 3 is 2.52 bits per heavy atom. The zero-order valence-corrected chi connectivity index (χ0v) is 18.0. The minimum absolute atomic E-state index is 0.0527. The Kier molecular flexibility index (Phi) is 6.60. The van der Waals surface area contributed by atoms with Crippen molar-refractivity contribution in [1.82, 2.24) is 14.9 Å². The first-order valence-corrected chi connectivity index (χ1v) is 10.9.